The third-order valence-electron chi connectivity index (χ3n) is 6.26. The van der Waals surface area contributed by atoms with Crippen molar-refractivity contribution in [3.8, 4) is 22.4 Å². The minimum Gasteiger partial charge on any atom is -0.454 e. The second-order valence-electron chi connectivity index (χ2n) is 8.16. The number of aromatic nitrogens is 2. The van der Waals surface area contributed by atoms with Gasteiger partial charge in [0.2, 0.25) is 5.69 Å². The summed E-state index contributed by atoms with van der Waals surface area (Å²) < 4.78 is 82.7. The summed E-state index contributed by atoms with van der Waals surface area (Å²) >= 11 is 0. The van der Waals surface area contributed by atoms with Gasteiger partial charge >= 0.3 is 0 Å². The van der Waals surface area contributed by atoms with E-state index in [2.05, 4.69) is 4.98 Å². The van der Waals surface area contributed by atoms with Gasteiger partial charge in [-0.2, -0.15) is 0 Å². The van der Waals surface area contributed by atoms with E-state index in [4.69, 9.17) is 16.8 Å². The van der Waals surface area contributed by atoms with Gasteiger partial charge in [0.05, 0.1) is 11.3 Å². The van der Waals surface area contributed by atoms with Gasteiger partial charge in [0.25, 0.3) is 0 Å². The molecule has 0 saturated heterocycles. The van der Waals surface area contributed by atoms with Crippen molar-refractivity contribution < 1.29 is 21.3 Å². The number of fused-ring (bicyclic) bond motifs is 7. The molecule has 0 atom stereocenters. The number of pyridine rings is 2. The van der Waals surface area contributed by atoms with Gasteiger partial charge in [-0.25, -0.2) is 4.57 Å². The lowest BCUT2D eigenvalue weighted by atomic mass is 9.85. The predicted molar refractivity (Wildman–Crippen MR) is 125 cm³/mol. The van der Waals surface area contributed by atoms with Gasteiger partial charge in [0.15, 0.2) is 6.20 Å². The second-order valence-corrected chi connectivity index (χ2v) is 8.16. The topological polar surface area (TPSA) is 29.9 Å². The van der Waals surface area contributed by atoms with Crippen LogP contribution in [-0.4, -0.2) is 4.98 Å². The standard InChI is InChI=1S/C28H25N2O/c1-16-12-14-30(5)22(15-16)23-17(2)8-9-18-19-10-11-21-24(26(19)31-25(18)23)20-7-6-13-29-27(20)28(21,3)4/h6-15H,1-5H3/q+1/i1D3,3D3,4D3. The molecule has 152 valence electrons. The molecular weight excluding hydrogens is 380 g/mol. The van der Waals surface area contributed by atoms with Crippen LogP contribution in [0.5, 0.6) is 0 Å². The third-order valence-corrected chi connectivity index (χ3v) is 6.26. The van der Waals surface area contributed by atoms with Crippen molar-refractivity contribution in [2.75, 3.05) is 0 Å². The maximum Gasteiger partial charge on any atom is 0.216 e. The quantitative estimate of drug-likeness (QED) is 0.297. The molecular formula is C28H25N2O+. The molecule has 31 heavy (non-hydrogen) atoms. The summed E-state index contributed by atoms with van der Waals surface area (Å²) in [5, 5.41) is 1.43. The number of hydrogen-bond donors (Lipinski definition) is 0. The summed E-state index contributed by atoms with van der Waals surface area (Å²) in [6.45, 7) is -6.26. The van der Waals surface area contributed by atoms with Crippen LogP contribution in [0.25, 0.3) is 44.3 Å². The van der Waals surface area contributed by atoms with Crippen molar-refractivity contribution in [2.45, 2.75) is 32.9 Å². The smallest absolute Gasteiger partial charge is 0.216 e. The largest absolute Gasteiger partial charge is 0.454 e. The van der Waals surface area contributed by atoms with E-state index >= 15 is 0 Å². The number of nitrogens with zero attached hydrogens (tertiary/aromatic N) is 2. The highest BCUT2D eigenvalue weighted by molar-refractivity contribution is 6.14. The molecule has 0 saturated carbocycles. The Balaban J connectivity index is 1.75. The van der Waals surface area contributed by atoms with Crippen LogP contribution in [0.2, 0.25) is 0 Å². The molecule has 3 heteroatoms. The van der Waals surface area contributed by atoms with Crippen LogP contribution in [0.15, 0.2) is 65.3 Å². The van der Waals surface area contributed by atoms with Crippen molar-refractivity contribution in [1.82, 2.24) is 4.98 Å². The fraction of sp³-hybridized carbons (Fsp3) is 0.214. The fourth-order valence-electron chi connectivity index (χ4n) is 4.75. The Hall–Kier alpha value is -3.46. The van der Waals surface area contributed by atoms with E-state index in [1.54, 1.807) is 42.6 Å². The Morgan fingerprint density at radius 1 is 1.00 bits per heavy atom. The molecule has 0 fully saturated rings. The Kier molecular flexibility index (Phi) is 2.19. The van der Waals surface area contributed by atoms with E-state index in [1.807, 2.05) is 30.7 Å². The lowest BCUT2D eigenvalue weighted by Gasteiger charge is -2.19. The number of benzene rings is 2. The van der Waals surface area contributed by atoms with Gasteiger partial charge in [-0.3, -0.25) is 4.98 Å². The average molecular weight is 415 g/mol. The van der Waals surface area contributed by atoms with Crippen LogP contribution in [-0.2, 0) is 12.5 Å². The van der Waals surface area contributed by atoms with Crippen LogP contribution >= 0.6 is 0 Å². The van der Waals surface area contributed by atoms with Gasteiger partial charge in [0, 0.05) is 58.0 Å². The Morgan fingerprint density at radius 2 is 1.81 bits per heavy atom. The number of aryl methyl sites for hydroxylation is 3. The van der Waals surface area contributed by atoms with Gasteiger partial charge in [0.1, 0.15) is 18.2 Å². The molecule has 0 unspecified atom stereocenters. The van der Waals surface area contributed by atoms with Crippen LogP contribution in [0.3, 0.4) is 0 Å². The maximum absolute atomic E-state index is 8.43. The second kappa shape index (κ2) is 6.04. The third kappa shape index (κ3) is 2.35. The summed E-state index contributed by atoms with van der Waals surface area (Å²) in [5.74, 6) is 0. The predicted octanol–water partition coefficient (Wildman–Crippen LogP) is 6.40. The molecule has 0 N–H and O–H groups in total. The molecule has 0 bridgehead atoms. The fourth-order valence-corrected chi connectivity index (χ4v) is 4.75. The first-order valence-electron chi connectivity index (χ1n) is 14.5. The molecule has 0 amide bonds. The zero-order valence-corrected chi connectivity index (χ0v) is 17.1. The van der Waals surface area contributed by atoms with Crippen LogP contribution in [0.1, 0.15) is 48.4 Å². The van der Waals surface area contributed by atoms with E-state index in [0.29, 0.717) is 38.9 Å². The van der Waals surface area contributed by atoms with Crippen molar-refractivity contribution in [3.63, 3.8) is 0 Å². The van der Waals surface area contributed by atoms with Crippen molar-refractivity contribution in [1.29, 1.82) is 0 Å². The Morgan fingerprint density at radius 3 is 2.61 bits per heavy atom. The van der Waals surface area contributed by atoms with Crippen LogP contribution < -0.4 is 4.57 Å². The molecule has 3 heterocycles. The highest BCUT2D eigenvalue weighted by atomic mass is 16.3. The van der Waals surface area contributed by atoms with Gasteiger partial charge < -0.3 is 4.42 Å². The Labute approximate surface area is 194 Å². The van der Waals surface area contributed by atoms with E-state index < -0.39 is 26.0 Å². The van der Waals surface area contributed by atoms with E-state index in [9.17, 15) is 0 Å². The summed E-state index contributed by atoms with van der Waals surface area (Å²) in [4.78, 5) is 4.33. The molecule has 6 rings (SSSR count). The first kappa shape index (κ1) is 11.2. The lowest BCUT2D eigenvalue weighted by Crippen LogP contribution is -2.30. The van der Waals surface area contributed by atoms with Crippen molar-refractivity contribution in [3.05, 3.63) is 83.3 Å². The highest BCUT2D eigenvalue weighted by Crippen LogP contribution is 2.52. The first-order valence-corrected chi connectivity index (χ1v) is 10.0. The molecule has 2 aromatic carbocycles. The first-order chi connectivity index (χ1) is 18.6. The Bertz CT molecular complexity index is 1830. The molecule has 0 radical (unpaired) electrons. The van der Waals surface area contributed by atoms with Gasteiger partial charge in [-0.15, -0.1) is 0 Å². The molecule has 1 aliphatic rings. The molecule has 0 spiro atoms. The number of rotatable bonds is 1. The molecule has 3 aromatic heterocycles. The summed E-state index contributed by atoms with van der Waals surface area (Å²) in [5.41, 5.74) is 1.79. The monoisotopic (exact) mass is 414 g/mol. The summed E-state index contributed by atoms with van der Waals surface area (Å²) in [6.07, 6.45) is 3.10. The maximum atomic E-state index is 8.43. The molecule has 1 aliphatic carbocycles. The number of hydrogen-bond acceptors (Lipinski definition) is 2. The van der Waals surface area contributed by atoms with Crippen molar-refractivity contribution in [2.24, 2.45) is 7.05 Å². The minimum atomic E-state index is -2.93. The zero-order valence-electron chi connectivity index (χ0n) is 26.1. The minimum absolute atomic E-state index is 0.0221. The summed E-state index contributed by atoms with van der Waals surface area (Å²) in [6, 6.07) is 13.6. The van der Waals surface area contributed by atoms with E-state index in [0.717, 1.165) is 10.9 Å². The van der Waals surface area contributed by atoms with Crippen molar-refractivity contribution >= 4 is 21.9 Å². The zero-order chi connectivity index (χ0) is 29.0. The van der Waals surface area contributed by atoms with Gasteiger partial charge in [-0.1, -0.05) is 44.0 Å². The summed E-state index contributed by atoms with van der Waals surface area (Å²) in [7, 11) is 1.82. The highest BCUT2D eigenvalue weighted by Gasteiger charge is 2.39. The van der Waals surface area contributed by atoms with Crippen LogP contribution in [0.4, 0.5) is 0 Å². The van der Waals surface area contributed by atoms with Crippen LogP contribution in [0, 0.1) is 13.8 Å². The number of furan rings is 1. The lowest BCUT2D eigenvalue weighted by molar-refractivity contribution is -0.660. The SMILES string of the molecule is [2H]C([2H])([2H])c1cc[n+](C)c(-c2c(C)ccc3c2oc2c4c(ccc23)C(C([2H])([2H])[2H])(C([2H])([2H])[2H])c2ncccc2-4)c1. The molecule has 3 nitrogen and oxygen atoms in total. The van der Waals surface area contributed by atoms with E-state index in [1.165, 1.54) is 6.20 Å². The average Bonchev–Trinajstić information content (AvgIpc) is 3.37. The van der Waals surface area contributed by atoms with Gasteiger partial charge in [-0.05, 0) is 36.5 Å². The normalized spacial score (nSPS) is 19.7. The molecule has 5 aromatic rings. The van der Waals surface area contributed by atoms with E-state index in [-0.39, 0.29) is 16.8 Å². The molecule has 0 aliphatic heterocycles.